The number of hydrogen-bond donors (Lipinski definition) is 2. The number of carboxylic acid groups (broad SMARTS) is 1. The third kappa shape index (κ3) is 3.51. The molecule has 0 spiro atoms. The number of H-pyrrole nitrogens is 1. The van der Waals surface area contributed by atoms with E-state index in [4.69, 9.17) is 5.11 Å². The van der Waals surface area contributed by atoms with Crippen LogP contribution in [0.1, 0.15) is 32.9 Å². The number of rotatable bonds is 4. The van der Waals surface area contributed by atoms with Crippen LogP contribution in [-0.2, 0) is 13.5 Å². The molecule has 2 aromatic carbocycles. The summed E-state index contributed by atoms with van der Waals surface area (Å²) in [5.41, 5.74) is 0.790. The Morgan fingerprint density at radius 3 is 2.28 bits per heavy atom. The first kappa shape index (κ1) is 20.9. The van der Waals surface area contributed by atoms with Crippen molar-refractivity contribution in [1.29, 1.82) is 0 Å². The van der Waals surface area contributed by atoms with E-state index in [1.54, 1.807) is 31.3 Å². The van der Waals surface area contributed by atoms with Gasteiger partial charge in [-0.05, 0) is 48.7 Å². The second-order valence-electron chi connectivity index (χ2n) is 7.48. The maximum absolute atomic E-state index is 12.4. The molecule has 32 heavy (non-hydrogen) atoms. The van der Waals surface area contributed by atoms with E-state index >= 15 is 0 Å². The number of aryl methyl sites for hydroxylation is 3. The number of benzene rings is 2. The summed E-state index contributed by atoms with van der Waals surface area (Å²) in [5, 5.41) is 18.6. The van der Waals surface area contributed by atoms with E-state index in [0.29, 0.717) is 17.5 Å². The highest BCUT2D eigenvalue weighted by molar-refractivity contribution is 5.84. The van der Waals surface area contributed by atoms with E-state index in [0.717, 1.165) is 32.5 Å². The lowest BCUT2D eigenvalue weighted by atomic mass is 9.96. The highest BCUT2D eigenvalue weighted by Gasteiger charge is 2.17. The van der Waals surface area contributed by atoms with Crippen LogP contribution in [0, 0.1) is 13.8 Å². The van der Waals surface area contributed by atoms with Gasteiger partial charge in [-0.15, -0.1) is 0 Å². The molecule has 0 radical (unpaired) electrons. The molecule has 0 atom stereocenters. The summed E-state index contributed by atoms with van der Waals surface area (Å²) in [6, 6.07) is 10.6. The summed E-state index contributed by atoms with van der Waals surface area (Å²) in [5.74, 6) is -1.53. The second kappa shape index (κ2) is 7.73. The summed E-state index contributed by atoms with van der Waals surface area (Å²) in [6.07, 6.45) is 0.445. The number of hydrogen-bond acceptors (Lipinski definition) is 6. The van der Waals surface area contributed by atoms with Gasteiger partial charge in [0.15, 0.2) is 0 Å². The predicted octanol–water partition coefficient (Wildman–Crippen LogP) is 1.07. The Morgan fingerprint density at radius 1 is 1.03 bits per heavy atom. The number of nitrogens with one attached hydrogen (secondary N) is 1. The van der Waals surface area contributed by atoms with Crippen LogP contribution >= 0.6 is 0 Å². The second-order valence-corrected chi connectivity index (χ2v) is 7.48. The molecule has 0 fully saturated rings. The van der Waals surface area contributed by atoms with Gasteiger partial charge in [0.2, 0.25) is 5.69 Å². The van der Waals surface area contributed by atoms with Gasteiger partial charge in [0.05, 0.1) is 16.8 Å². The topological polar surface area (TPSA) is 140 Å². The van der Waals surface area contributed by atoms with Crippen LogP contribution < -0.4 is 16.8 Å². The monoisotopic (exact) mass is 433 g/mol. The minimum atomic E-state index is -1.53. The van der Waals surface area contributed by atoms with Crippen LogP contribution in [0.25, 0.3) is 16.5 Å². The van der Waals surface area contributed by atoms with E-state index in [-0.39, 0.29) is 5.56 Å². The Bertz CT molecular complexity index is 1560. The molecule has 4 aromatic rings. The van der Waals surface area contributed by atoms with Gasteiger partial charge in [0, 0.05) is 18.9 Å². The fraction of sp³-hybridized carbons (Fsp3) is 0.182. The molecular weight excluding hydrogens is 414 g/mol. The van der Waals surface area contributed by atoms with Crippen molar-refractivity contribution in [1.82, 2.24) is 24.5 Å². The molecule has 0 amide bonds. The normalized spacial score (nSPS) is 11.1. The van der Waals surface area contributed by atoms with Crippen LogP contribution in [0.4, 0.5) is 0 Å². The highest BCUT2D eigenvalue weighted by Crippen LogP contribution is 2.23. The quantitative estimate of drug-likeness (QED) is 0.491. The molecule has 162 valence electrons. The van der Waals surface area contributed by atoms with Crippen LogP contribution in [-0.4, -0.2) is 35.6 Å². The molecule has 2 N–H and O–H groups in total. The number of carbonyl (C=O) groups is 1. The Kier molecular flexibility index (Phi) is 5.05. The molecule has 10 heteroatoms. The first-order valence-corrected chi connectivity index (χ1v) is 9.69. The number of aromatic amines is 1. The van der Waals surface area contributed by atoms with Crippen molar-refractivity contribution in [2.24, 2.45) is 7.05 Å². The minimum absolute atomic E-state index is 0.175. The number of fused-ring (bicyclic) bond motifs is 1. The summed E-state index contributed by atoms with van der Waals surface area (Å²) in [4.78, 5) is 49.5. The number of nitrogens with zero attached hydrogens (tertiary/aromatic N) is 4. The Morgan fingerprint density at radius 2 is 1.66 bits per heavy atom. The van der Waals surface area contributed by atoms with Gasteiger partial charge in [-0.2, -0.15) is 14.9 Å². The molecule has 10 nitrogen and oxygen atoms in total. The summed E-state index contributed by atoms with van der Waals surface area (Å²) in [7, 11) is 1.61. The van der Waals surface area contributed by atoms with Gasteiger partial charge in [0.25, 0.3) is 11.1 Å². The lowest BCUT2D eigenvalue weighted by Crippen LogP contribution is -2.35. The zero-order valence-corrected chi connectivity index (χ0v) is 17.5. The maximum Gasteiger partial charge on any atom is 0.362 e. The first-order valence-electron chi connectivity index (χ1n) is 9.69. The molecule has 0 bridgehead atoms. The number of aromatic nitrogens is 5. The van der Waals surface area contributed by atoms with Crippen molar-refractivity contribution in [3.63, 3.8) is 0 Å². The van der Waals surface area contributed by atoms with Gasteiger partial charge in [-0.25, -0.2) is 14.3 Å². The Balaban J connectivity index is 1.84. The third-order valence-corrected chi connectivity index (χ3v) is 5.33. The lowest BCUT2D eigenvalue weighted by molar-refractivity contribution is 0.0685. The smallest absolute Gasteiger partial charge is 0.362 e. The fourth-order valence-electron chi connectivity index (χ4n) is 3.76. The van der Waals surface area contributed by atoms with Crippen molar-refractivity contribution in [3.05, 3.63) is 95.7 Å². The molecular formula is C22H19N5O5. The average molecular weight is 433 g/mol. The lowest BCUT2D eigenvalue weighted by Gasteiger charge is -2.15. The average Bonchev–Trinajstić information content (AvgIpc) is 2.73. The molecule has 0 aliphatic rings. The molecule has 2 heterocycles. The molecule has 0 saturated heterocycles. The van der Waals surface area contributed by atoms with Gasteiger partial charge in [0.1, 0.15) is 0 Å². The SMILES string of the molecule is Cc1cc(-n2nc(C(=O)O)c(=O)[nH]c2=O)cc(C)c1Cc1nn(C)c(=O)c2ccccc12. The van der Waals surface area contributed by atoms with Crippen molar-refractivity contribution in [2.75, 3.05) is 0 Å². The Labute approximate surface area is 180 Å². The number of aromatic carboxylic acids is 1. The van der Waals surface area contributed by atoms with E-state index in [2.05, 4.69) is 10.2 Å². The summed E-state index contributed by atoms with van der Waals surface area (Å²) < 4.78 is 2.17. The number of carboxylic acids is 1. The maximum atomic E-state index is 12.4. The van der Waals surface area contributed by atoms with E-state index in [1.807, 2.05) is 31.0 Å². The van der Waals surface area contributed by atoms with Gasteiger partial charge in [-0.3, -0.25) is 14.6 Å². The van der Waals surface area contributed by atoms with E-state index < -0.39 is 22.9 Å². The molecule has 0 aliphatic heterocycles. The van der Waals surface area contributed by atoms with Gasteiger partial charge in [-0.1, -0.05) is 18.2 Å². The van der Waals surface area contributed by atoms with Crippen LogP contribution in [0.5, 0.6) is 0 Å². The predicted molar refractivity (Wildman–Crippen MR) is 117 cm³/mol. The Hall–Kier alpha value is -4.34. The third-order valence-electron chi connectivity index (χ3n) is 5.33. The van der Waals surface area contributed by atoms with Gasteiger partial charge < -0.3 is 5.11 Å². The summed E-state index contributed by atoms with van der Waals surface area (Å²) >= 11 is 0. The fourth-order valence-corrected chi connectivity index (χ4v) is 3.76. The van der Waals surface area contributed by atoms with Crippen LogP contribution in [0.2, 0.25) is 0 Å². The largest absolute Gasteiger partial charge is 0.476 e. The highest BCUT2D eigenvalue weighted by atomic mass is 16.4. The molecule has 4 rings (SSSR count). The van der Waals surface area contributed by atoms with Crippen molar-refractivity contribution in [2.45, 2.75) is 20.3 Å². The van der Waals surface area contributed by atoms with Crippen molar-refractivity contribution in [3.8, 4) is 5.69 Å². The molecule has 0 unspecified atom stereocenters. The summed E-state index contributed by atoms with van der Waals surface area (Å²) in [6.45, 7) is 3.70. The van der Waals surface area contributed by atoms with Gasteiger partial charge >= 0.3 is 11.7 Å². The molecule has 2 aromatic heterocycles. The van der Waals surface area contributed by atoms with Crippen molar-refractivity contribution < 1.29 is 9.90 Å². The standard InChI is InChI=1S/C22H19N5O5/c1-11-8-13(27-22(32)23-19(28)18(25-27)21(30)31)9-12(2)16(11)10-17-14-6-4-5-7-15(14)20(29)26(3)24-17/h4-9H,10H2,1-3H3,(H,30,31)(H,23,28,32). The van der Waals surface area contributed by atoms with Crippen LogP contribution in [0.3, 0.4) is 0 Å². The molecule has 0 saturated carbocycles. The van der Waals surface area contributed by atoms with Crippen molar-refractivity contribution >= 4 is 16.7 Å². The molecule has 0 aliphatic carbocycles. The first-order chi connectivity index (χ1) is 15.2. The van der Waals surface area contributed by atoms with E-state index in [9.17, 15) is 19.2 Å². The zero-order valence-electron chi connectivity index (χ0n) is 17.5. The zero-order chi connectivity index (χ0) is 23.2. The van der Waals surface area contributed by atoms with E-state index in [1.165, 1.54) is 4.68 Å². The van der Waals surface area contributed by atoms with Crippen LogP contribution in [0.15, 0.2) is 50.8 Å². The minimum Gasteiger partial charge on any atom is -0.476 e.